The SMILES string of the molecule is CC(C#N)n1c(Cc2ccccc2)nc(=COCCC#N)c1=COCCC#N. The number of hydrogen-bond donors (Lipinski definition) is 0. The zero-order valence-corrected chi connectivity index (χ0v) is 15.7. The maximum atomic E-state index is 9.49. The van der Waals surface area contributed by atoms with Gasteiger partial charge in [0.1, 0.15) is 48.3 Å². The van der Waals surface area contributed by atoms with Crippen molar-refractivity contribution in [2.45, 2.75) is 32.2 Å². The largest absolute Gasteiger partial charge is 0.498 e. The molecular weight excluding hydrogens is 354 g/mol. The quantitative estimate of drug-likeness (QED) is 0.620. The first-order valence-electron chi connectivity index (χ1n) is 8.89. The van der Waals surface area contributed by atoms with Crippen LogP contribution in [0.4, 0.5) is 0 Å². The third-order valence-electron chi connectivity index (χ3n) is 3.88. The molecule has 7 heteroatoms. The highest BCUT2D eigenvalue weighted by Gasteiger charge is 2.15. The van der Waals surface area contributed by atoms with Crippen molar-refractivity contribution in [2.75, 3.05) is 13.2 Å². The van der Waals surface area contributed by atoms with Gasteiger partial charge in [0, 0.05) is 6.42 Å². The van der Waals surface area contributed by atoms with E-state index in [0.717, 1.165) is 5.56 Å². The lowest BCUT2D eigenvalue weighted by Crippen LogP contribution is -2.32. The Morgan fingerprint density at radius 1 is 1.04 bits per heavy atom. The molecule has 0 radical (unpaired) electrons. The van der Waals surface area contributed by atoms with Gasteiger partial charge in [0.15, 0.2) is 0 Å². The molecule has 28 heavy (non-hydrogen) atoms. The molecule has 0 aliphatic rings. The van der Waals surface area contributed by atoms with Crippen LogP contribution in [0.25, 0.3) is 12.5 Å². The first kappa shape index (κ1) is 20.6. The molecule has 0 spiro atoms. The normalized spacial score (nSPS) is 12.6. The van der Waals surface area contributed by atoms with Gasteiger partial charge in [0.25, 0.3) is 0 Å². The van der Waals surface area contributed by atoms with E-state index in [9.17, 15) is 5.26 Å². The maximum absolute atomic E-state index is 9.49. The fourth-order valence-corrected chi connectivity index (χ4v) is 2.59. The molecule has 1 aromatic carbocycles. The highest BCUT2D eigenvalue weighted by molar-refractivity contribution is 5.25. The van der Waals surface area contributed by atoms with E-state index >= 15 is 0 Å². The van der Waals surface area contributed by atoms with E-state index in [1.807, 2.05) is 42.5 Å². The molecule has 142 valence electrons. The van der Waals surface area contributed by atoms with Crippen molar-refractivity contribution >= 4 is 12.5 Å². The zero-order chi connectivity index (χ0) is 20.2. The second-order valence-corrected chi connectivity index (χ2v) is 5.93. The molecule has 1 heterocycles. The minimum absolute atomic E-state index is 0.241. The van der Waals surface area contributed by atoms with Gasteiger partial charge in [0.2, 0.25) is 0 Å². The Bertz CT molecular complexity index is 1010. The Balaban J connectivity index is 2.51. The summed E-state index contributed by atoms with van der Waals surface area (Å²) in [6.07, 6.45) is 4.05. The average Bonchev–Trinajstić information content (AvgIpc) is 3.05. The van der Waals surface area contributed by atoms with Crippen molar-refractivity contribution in [3.8, 4) is 18.2 Å². The molecule has 1 aromatic heterocycles. The van der Waals surface area contributed by atoms with E-state index in [1.54, 1.807) is 11.5 Å². The lowest BCUT2D eigenvalue weighted by Gasteiger charge is -2.10. The first-order chi connectivity index (χ1) is 13.7. The summed E-state index contributed by atoms with van der Waals surface area (Å²) < 4.78 is 12.7. The van der Waals surface area contributed by atoms with Gasteiger partial charge >= 0.3 is 0 Å². The number of aromatic nitrogens is 2. The summed E-state index contributed by atoms with van der Waals surface area (Å²) in [6.45, 7) is 2.27. The summed E-state index contributed by atoms with van der Waals surface area (Å²) in [7, 11) is 0. The number of imidazole rings is 1. The molecule has 0 bridgehead atoms. The Morgan fingerprint density at radius 2 is 1.68 bits per heavy atom. The van der Waals surface area contributed by atoms with Gasteiger partial charge in [-0.15, -0.1) is 0 Å². The highest BCUT2D eigenvalue weighted by Crippen LogP contribution is 2.09. The van der Waals surface area contributed by atoms with E-state index in [2.05, 4.69) is 11.1 Å². The van der Waals surface area contributed by atoms with E-state index in [-0.39, 0.29) is 26.1 Å². The summed E-state index contributed by atoms with van der Waals surface area (Å²) in [4.78, 5) is 4.64. The Morgan fingerprint density at radius 3 is 2.29 bits per heavy atom. The number of nitriles is 3. The highest BCUT2D eigenvalue weighted by atomic mass is 16.5. The summed E-state index contributed by atoms with van der Waals surface area (Å²) in [6, 6.07) is 15.6. The molecular formula is C21H21N5O2. The van der Waals surface area contributed by atoms with E-state index < -0.39 is 6.04 Å². The second kappa shape index (κ2) is 11.1. The van der Waals surface area contributed by atoms with Crippen molar-refractivity contribution in [3.63, 3.8) is 0 Å². The fourth-order valence-electron chi connectivity index (χ4n) is 2.59. The van der Waals surface area contributed by atoms with Crippen LogP contribution in [0.2, 0.25) is 0 Å². The molecule has 2 aromatic rings. The van der Waals surface area contributed by atoms with Crippen LogP contribution in [0.3, 0.4) is 0 Å². The van der Waals surface area contributed by atoms with Crippen LogP contribution in [0.5, 0.6) is 0 Å². The van der Waals surface area contributed by atoms with Gasteiger partial charge in [-0.1, -0.05) is 30.3 Å². The first-order valence-corrected chi connectivity index (χ1v) is 8.89. The summed E-state index contributed by atoms with van der Waals surface area (Å²) >= 11 is 0. The minimum Gasteiger partial charge on any atom is -0.498 e. The summed E-state index contributed by atoms with van der Waals surface area (Å²) in [5.41, 5.74) is 1.06. The van der Waals surface area contributed by atoms with Gasteiger partial charge in [-0.2, -0.15) is 15.8 Å². The van der Waals surface area contributed by atoms with E-state index in [0.29, 0.717) is 22.9 Å². The molecule has 0 N–H and O–H groups in total. The van der Waals surface area contributed by atoms with Crippen LogP contribution < -0.4 is 10.7 Å². The van der Waals surface area contributed by atoms with Crippen LogP contribution >= 0.6 is 0 Å². The lowest BCUT2D eigenvalue weighted by atomic mass is 10.1. The predicted octanol–water partition coefficient (Wildman–Crippen LogP) is 1.90. The average molecular weight is 375 g/mol. The monoisotopic (exact) mass is 375 g/mol. The topological polar surface area (TPSA) is 108 Å². The Hall–Kier alpha value is -3.76. The zero-order valence-electron chi connectivity index (χ0n) is 15.7. The Kier molecular flexibility index (Phi) is 8.12. The van der Waals surface area contributed by atoms with Gasteiger partial charge < -0.3 is 14.0 Å². The molecule has 2 rings (SSSR count). The van der Waals surface area contributed by atoms with Crippen LogP contribution in [-0.2, 0) is 15.9 Å². The van der Waals surface area contributed by atoms with Gasteiger partial charge in [-0.3, -0.25) is 0 Å². The Labute approximate surface area is 164 Å². The number of nitrogens with zero attached hydrogens (tertiary/aromatic N) is 5. The number of hydrogen-bond acceptors (Lipinski definition) is 6. The van der Waals surface area contributed by atoms with E-state index in [4.69, 9.17) is 20.0 Å². The van der Waals surface area contributed by atoms with Crippen LogP contribution in [0.15, 0.2) is 30.3 Å². The van der Waals surface area contributed by atoms with Crippen LogP contribution in [0, 0.1) is 34.0 Å². The molecule has 0 amide bonds. The molecule has 1 unspecified atom stereocenters. The van der Waals surface area contributed by atoms with Gasteiger partial charge in [0.05, 0.1) is 31.0 Å². The van der Waals surface area contributed by atoms with E-state index in [1.165, 1.54) is 12.5 Å². The lowest BCUT2D eigenvalue weighted by molar-refractivity contribution is 0.297. The summed E-state index contributed by atoms with van der Waals surface area (Å²) in [5.74, 6) is 0.700. The van der Waals surface area contributed by atoms with Gasteiger partial charge in [-0.05, 0) is 12.5 Å². The standard InChI is InChI=1S/C21H21N5O2/c1-17(14-24)26-20(16-28-12-6-10-23)19(15-27-11-5-9-22)25-21(26)13-18-7-3-2-4-8-18/h2-4,7-8,15-17H,5-6,11-13H2,1H3. The molecule has 0 fully saturated rings. The van der Waals surface area contributed by atoms with Crippen molar-refractivity contribution in [1.82, 2.24) is 9.55 Å². The smallest absolute Gasteiger partial charge is 0.126 e. The van der Waals surface area contributed by atoms with Gasteiger partial charge in [-0.25, -0.2) is 4.98 Å². The minimum atomic E-state index is -0.474. The molecule has 7 nitrogen and oxygen atoms in total. The number of benzene rings is 1. The third-order valence-corrected chi connectivity index (χ3v) is 3.88. The third kappa shape index (κ3) is 5.62. The van der Waals surface area contributed by atoms with Crippen molar-refractivity contribution in [2.24, 2.45) is 0 Å². The second-order valence-electron chi connectivity index (χ2n) is 5.93. The van der Waals surface area contributed by atoms with Crippen molar-refractivity contribution in [1.29, 1.82) is 15.8 Å². The van der Waals surface area contributed by atoms with Crippen molar-refractivity contribution < 1.29 is 9.47 Å². The van der Waals surface area contributed by atoms with Crippen LogP contribution in [-0.4, -0.2) is 22.8 Å². The molecule has 0 saturated heterocycles. The number of ether oxygens (including phenoxy) is 2. The van der Waals surface area contributed by atoms with Crippen molar-refractivity contribution in [3.05, 3.63) is 52.4 Å². The molecule has 0 aliphatic heterocycles. The molecule has 0 aliphatic carbocycles. The predicted molar refractivity (Wildman–Crippen MR) is 102 cm³/mol. The summed E-state index contributed by atoms with van der Waals surface area (Å²) in [5, 5.41) is 27.9. The fraction of sp³-hybridized carbons (Fsp3) is 0.333. The molecule has 1 atom stereocenters. The van der Waals surface area contributed by atoms with Crippen LogP contribution in [0.1, 0.15) is 37.2 Å². The number of rotatable bonds is 9. The molecule has 0 saturated carbocycles. The maximum Gasteiger partial charge on any atom is 0.126 e.